The fraction of sp³-hybridized carbons (Fsp3) is 0.0833. The van der Waals surface area contributed by atoms with E-state index < -0.39 is 9.84 Å². The number of aromatic nitrogens is 2. The maximum atomic E-state index is 12.0. The number of sulfone groups is 1. The van der Waals surface area contributed by atoms with Gasteiger partial charge in [-0.25, -0.2) is 13.4 Å². The molecule has 1 heterocycles. The summed E-state index contributed by atoms with van der Waals surface area (Å²) in [6.45, 7) is 0. The van der Waals surface area contributed by atoms with Gasteiger partial charge in [0.25, 0.3) is 0 Å². The van der Waals surface area contributed by atoms with Gasteiger partial charge in [-0.1, -0.05) is 0 Å². The highest BCUT2D eigenvalue weighted by Crippen LogP contribution is 2.12. The topological polar surface area (TPSA) is 77.0 Å². The quantitative estimate of drug-likeness (QED) is 0.774. The van der Waals surface area contributed by atoms with Crippen LogP contribution < -0.4 is 0 Å². The zero-order valence-electron chi connectivity index (χ0n) is 9.57. The summed E-state index contributed by atoms with van der Waals surface area (Å²) in [5, 5.41) is 0. The second-order valence-electron chi connectivity index (χ2n) is 3.72. The lowest BCUT2D eigenvalue weighted by molar-refractivity contribution is 0.103. The van der Waals surface area contributed by atoms with Crippen LogP contribution in [0.3, 0.4) is 0 Å². The molecule has 6 heteroatoms. The molecule has 1 aromatic heterocycles. The fourth-order valence-electron chi connectivity index (χ4n) is 1.42. The molecule has 0 saturated heterocycles. The van der Waals surface area contributed by atoms with Gasteiger partial charge in [-0.2, -0.15) is 0 Å². The number of rotatable bonds is 3. The van der Waals surface area contributed by atoms with Crippen molar-refractivity contribution in [2.24, 2.45) is 0 Å². The van der Waals surface area contributed by atoms with Crippen molar-refractivity contribution in [3.8, 4) is 0 Å². The van der Waals surface area contributed by atoms with Crippen molar-refractivity contribution in [3.63, 3.8) is 0 Å². The van der Waals surface area contributed by atoms with Gasteiger partial charge < -0.3 is 0 Å². The van der Waals surface area contributed by atoms with Crippen LogP contribution in [-0.2, 0) is 9.84 Å². The third-order valence-electron chi connectivity index (χ3n) is 2.34. The summed E-state index contributed by atoms with van der Waals surface area (Å²) in [7, 11) is -3.25. The standard InChI is InChI=1S/C12H10N2O3S/c1-18(16,17)10-4-2-9(3-5-10)12(15)11-8-13-6-7-14-11/h2-8H,1H3. The summed E-state index contributed by atoms with van der Waals surface area (Å²) in [6, 6.07) is 5.73. The van der Waals surface area contributed by atoms with Crippen LogP contribution in [0.2, 0.25) is 0 Å². The van der Waals surface area contributed by atoms with Gasteiger partial charge in [-0.3, -0.25) is 9.78 Å². The van der Waals surface area contributed by atoms with Crippen LogP contribution in [0.5, 0.6) is 0 Å². The summed E-state index contributed by atoms with van der Waals surface area (Å²) in [5.74, 6) is -0.289. The summed E-state index contributed by atoms with van der Waals surface area (Å²) < 4.78 is 22.6. The Hall–Kier alpha value is -2.08. The van der Waals surface area contributed by atoms with Crippen molar-refractivity contribution in [3.05, 3.63) is 54.1 Å². The lowest BCUT2D eigenvalue weighted by Crippen LogP contribution is -2.05. The van der Waals surface area contributed by atoms with Crippen molar-refractivity contribution in [2.45, 2.75) is 4.90 Å². The largest absolute Gasteiger partial charge is 0.287 e. The Balaban J connectivity index is 2.34. The van der Waals surface area contributed by atoms with E-state index in [1.807, 2.05) is 0 Å². The summed E-state index contributed by atoms with van der Waals surface area (Å²) in [4.78, 5) is 19.8. The van der Waals surface area contributed by atoms with E-state index in [4.69, 9.17) is 0 Å². The normalized spacial score (nSPS) is 11.2. The fourth-order valence-corrected chi connectivity index (χ4v) is 2.05. The van der Waals surface area contributed by atoms with E-state index in [1.54, 1.807) is 0 Å². The Morgan fingerprint density at radius 3 is 2.28 bits per heavy atom. The van der Waals surface area contributed by atoms with Gasteiger partial charge >= 0.3 is 0 Å². The highest BCUT2D eigenvalue weighted by atomic mass is 32.2. The first-order chi connectivity index (χ1) is 8.48. The van der Waals surface area contributed by atoms with Crippen LogP contribution >= 0.6 is 0 Å². The summed E-state index contributed by atoms with van der Waals surface area (Å²) in [5.41, 5.74) is 0.604. The molecule has 18 heavy (non-hydrogen) atoms. The first-order valence-electron chi connectivity index (χ1n) is 5.09. The Bertz CT molecular complexity index is 664. The molecule has 2 rings (SSSR count). The van der Waals surface area contributed by atoms with Crippen LogP contribution in [0, 0.1) is 0 Å². The van der Waals surface area contributed by atoms with E-state index in [2.05, 4.69) is 9.97 Å². The second kappa shape index (κ2) is 4.66. The molecular weight excluding hydrogens is 252 g/mol. The molecule has 1 aromatic carbocycles. The van der Waals surface area contributed by atoms with Gasteiger partial charge in [-0.05, 0) is 24.3 Å². The smallest absolute Gasteiger partial charge is 0.212 e. The highest BCUT2D eigenvalue weighted by Gasteiger charge is 2.12. The highest BCUT2D eigenvalue weighted by molar-refractivity contribution is 7.90. The number of hydrogen-bond acceptors (Lipinski definition) is 5. The molecule has 5 nitrogen and oxygen atoms in total. The molecule has 0 radical (unpaired) electrons. The molecule has 0 N–H and O–H groups in total. The van der Waals surface area contributed by atoms with Crippen molar-refractivity contribution in [1.82, 2.24) is 9.97 Å². The minimum Gasteiger partial charge on any atom is -0.287 e. The first-order valence-corrected chi connectivity index (χ1v) is 6.98. The molecular formula is C12H10N2O3S. The molecule has 0 fully saturated rings. The molecule has 0 aliphatic rings. The second-order valence-corrected chi connectivity index (χ2v) is 5.73. The van der Waals surface area contributed by atoms with Crippen LogP contribution in [0.4, 0.5) is 0 Å². The van der Waals surface area contributed by atoms with Crippen molar-refractivity contribution in [2.75, 3.05) is 6.26 Å². The predicted octanol–water partition coefficient (Wildman–Crippen LogP) is 1.11. The van der Waals surface area contributed by atoms with E-state index in [0.717, 1.165) is 6.26 Å². The van der Waals surface area contributed by atoms with Gasteiger partial charge in [0.15, 0.2) is 9.84 Å². The Labute approximate surface area is 104 Å². The van der Waals surface area contributed by atoms with E-state index in [0.29, 0.717) is 5.56 Å². The summed E-state index contributed by atoms with van der Waals surface area (Å²) >= 11 is 0. The molecule has 0 atom stereocenters. The molecule has 0 aliphatic carbocycles. The number of carbonyl (C=O) groups excluding carboxylic acids is 1. The maximum Gasteiger partial charge on any atom is 0.212 e. The number of benzene rings is 1. The number of ketones is 1. The van der Waals surface area contributed by atoms with Gasteiger partial charge in [0.05, 0.1) is 11.1 Å². The molecule has 0 bridgehead atoms. The van der Waals surface area contributed by atoms with Crippen molar-refractivity contribution in [1.29, 1.82) is 0 Å². The van der Waals surface area contributed by atoms with Crippen LogP contribution in [0.25, 0.3) is 0 Å². The maximum absolute atomic E-state index is 12.0. The van der Waals surface area contributed by atoms with Crippen LogP contribution in [-0.4, -0.2) is 30.4 Å². The van der Waals surface area contributed by atoms with Gasteiger partial charge in [0.2, 0.25) is 5.78 Å². The number of carbonyl (C=O) groups is 1. The third kappa shape index (κ3) is 2.60. The zero-order valence-corrected chi connectivity index (χ0v) is 10.4. The molecule has 92 valence electrons. The van der Waals surface area contributed by atoms with Gasteiger partial charge in [0.1, 0.15) is 5.69 Å². The SMILES string of the molecule is CS(=O)(=O)c1ccc(C(=O)c2cnccn2)cc1. The first kappa shape index (κ1) is 12.4. The average Bonchev–Trinajstić information content (AvgIpc) is 2.38. The van der Waals surface area contributed by atoms with Gasteiger partial charge in [0, 0.05) is 24.2 Å². The molecule has 0 amide bonds. The van der Waals surface area contributed by atoms with E-state index in [1.165, 1.54) is 42.9 Å². The molecule has 2 aromatic rings. The average molecular weight is 262 g/mol. The minimum absolute atomic E-state index is 0.179. The van der Waals surface area contributed by atoms with Crippen LogP contribution in [0.1, 0.15) is 16.1 Å². The van der Waals surface area contributed by atoms with Crippen molar-refractivity contribution >= 4 is 15.6 Å². The Morgan fingerprint density at radius 1 is 1.11 bits per heavy atom. The van der Waals surface area contributed by atoms with Crippen LogP contribution in [0.15, 0.2) is 47.8 Å². The number of nitrogens with zero attached hydrogens (tertiary/aromatic N) is 2. The monoisotopic (exact) mass is 262 g/mol. The van der Waals surface area contributed by atoms with E-state index >= 15 is 0 Å². The van der Waals surface area contributed by atoms with Gasteiger partial charge in [-0.15, -0.1) is 0 Å². The minimum atomic E-state index is -3.25. The third-order valence-corrected chi connectivity index (χ3v) is 3.47. The van der Waals surface area contributed by atoms with Crippen molar-refractivity contribution < 1.29 is 13.2 Å². The lowest BCUT2D eigenvalue weighted by Gasteiger charge is -2.01. The summed E-state index contributed by atoms with van der Waals surface area (Å²) in [6.07, 6.45) is 5.39. The number of hydrogen-bond donors (Lipinski definition) is 0. The molecule has 0 spiro atoms. The van der Waals surface area contributed by atoms with E-state index in [-0.39, 0.29) is 16.4 Å². The zero-order chi connectivity index (χ0) is 13.2. The Kier molecular flexibility index (Phi) is 3.20. The predicted molar refractivity (Wildman–Crippen MR) is 65.0 cm³/mol. The van der Waals surface area contributed by atoms with E-state index in [9.17, 15) is 13.2 Å². The lowest BCUT2D eigenvalue weighted by atomic mass is 10.1. The molecule has 0 unspecified atom stereocenters. The Morgan fingerprint density at radius 2 is 1.78 bits per heavy atom. The molecule has 0 aliphatic heterocycles. The molecule has 0 saturated carbocycles.